The Morgan fingerprint density at radius 1 is 1.40 bits per heavy atom. The minimum atomic E-state index is -0.863. The van der Waals surface area contributed by atoms with E-state index in [1.807, 2.05) is 13.8 Å². The van der Waals surface area contributed by atoms with Crippen molar-refractivity contribution in [1.82, 2.24) is 5.32 Å². The number of hydrogen-bond donors (Lipinski definition) is 1. The van der Waals surface area contributed by atoms with Gasteiger partial charge in [-0.3, -0.25) is 4.79 Å². The molecule has 1 N–H and O–H groups in total. The molecule has 0 heterocycles. The lowest BCUT2D eigenvalue weighted by Crippen LogP contribution is -2.63. The molecule has 0 bridgehead atoms. The molecule has 0 aromatic carbocycles. The van der Waals surface area contributed by atoms with Crippen molar-refractivity contribution in [2.24, 2.45) is 10.8 Å². The predicted molar refractivity (Wildman–Crippen MR) is 79.0 cm³/mol. The van der Waals surface area contributed by atoms with Crippen LogP contribution in [-0.2, 0) is 9.53 Å². The Morgan fingerprint density at radius 2 is 1.95 bits per heavy atom. The monoisotopic (exact) mass is 280 g/mol. The van der Waals surface area contributed by atoms with E-state index in [-0.39, 0.29) is 23.5 Å². The molecular formula is C16H28N2O2. The van der Waals surface area contributed by atoms with Gasteiger partial charge in [0.1, 0.15) is 5.41 Å². The molecule has 0 saturated heterocycles. The lowest BCUT2D eigenvalue weighted by molar-refractivity contribution is -0.139. The maximum atomic E-state index is 12.6. The summed E-state index contributed by atoms with van der Waals surface area (Å²) in [6.07, 6.45) is 3.95. The van der Waals surface area contributed by atoms with E-state index in [1.165, 1.54) is 0 Å². The van der Waals surface area contributed by atoms with Gasteiger partial charge in [-0.2, -0.15) is 5.26 Å². The minimum Gasteiger partial charge on any atom is -0.381 e. The molecule has 1 rings (SSSR count). The van der Waals surface area contributed by atoms with Gasteiger partial charge in [0.05, 0.1) is 12.2 Å². The van der Waals surface area contributed by atoms with E-state index in [0.29, 0.717) is 12.8 Å². The first-order valence-electron chi connectivity index (χ1n) is 7.63. The summed E-state index contributed by atoms with van der Waals surface area (Å²) in [6.45, 7) is 8.24. The Bertz CT molecular complexity index is 378. The largest absolute Gasteiger partial charge is 0.381 e. The quantitative estimate of drug-likeness (QED) is 0.779. The molecule has 0 radical (unpaired) electrons. The van der Waals surface area contributed by atoms with E-state index in [9.17, 15) is 10.1 Å². The zero-order valence-corrected chi connectivity index (χ0v) is 13.5. The number of ether oxygens (including phenoxy) is 1. The number of amides is 1. The van der Waals surface area contributed by atoms with Crippen LogP contribution in [-0.4, -0.2) is 25.2 Å². The number of nitriles is 1. The van der Waals surface area contributed by atoms with Gasteiger partial charge in [0.2, 0.25) is 5.91 Å². The summed E-state index contributed by atoms with van der Waals surface area (Å²) in [7, 11) is 1.71. The van der Waals surface area contributed by atoms with Crippen LogP contribution in [0, 0.1) is 22.2 Å². The van der Waals surface area contributed by atoms with Gasteiger partial charge in [-0.15, -0.1) is 0 Å². The first-order chi connectivity index (χ1) is 9.37. The van der Waals surface area contributed by atoms with Crippen LogP contribution in [0.25, 0.3) is 0 Å². The van der Waals surface area contributed by atoms with Gasteiger partial charge in [0.15, 0.2) is 0 Å². The van der Waals surface area contributed by atoms with Crippen molar-refractivity contribution >= 4 is 5.91 Å². The summed E-state index contributed by atoms with van der Waals surface area (Å²) in [5.41, 5.74) is -0.929. The topological polar surface area (TPSA) is 62.1 Å². The van der Waals surface area contributed by atoms with Crippen molar-refractivity contribution in [1.29, 1.82) is 5.26 Å². The molecular weight excluding hydrogens is 252 g/mol. The number of hydrogen-bond acceptors (Lipinski definition) is 3. The Balaban J connectivity index is 2.76. The van der Waals surface area contributed by atoms with Gasteiger partial charge in [0.25, 0.3) is 0 Å². The molecule has 2 atom stereocenters. The third-order valence-electron chi connectivity index (χ3n) is 4.77. The highest BCUT2D eigenvalue weighted by Gasteiger charge is 2.51. The Labute approximate surface area is 122 Å². The fraction of sp³-hybridized carbons (Fsp3) is 0.875. The Kier molecular flexibility index (Phi) is 5.59. The number of methoxy groups -OCH3 is 1. The third kappa shape index (κ3) is 2.98. The maximum Gasteiger partial charge on any atom is 0.240 e. The molecule has 0 aromatic rings. The summed E-state index contributed by atoms with van der Waals surface area (Å²) < 4.78 is 5.40. The fourth-order valence-corrected chi connectivity index (χ4v) is 3.19. The third-order valence-corrected chi connectivity index (χ3v) is 4.77. The van der Waals surface area contributed by atoms with Crippen LogP contribution in [0.1, 0.15) is 59.8 Å². The van der Waals surface area contributed by atoms with Crippen LogP contribution in [0.15, 0.2) is 0 Å². The van der Waals surface area contributed by atoms with Gasteiger partial charge in [-0.05, 0) is 19.3 Å². The SMILES string of the molecule is CCCC(C#N)(CCC)C(=O)NC1CC(OC)C1(C)C. The average molecular weight is 280 g/mol. The molecule has 4 heteroatoms. The summed E-state index contributed by atoms with van der Waals surface area (Å²) in [5.74, 6) is -0.101. The lowest BCUT2D eigenvalue weighted by Gasteiger charge is -2.51. The van der Waals surface area contributed by atoms with Crippen LogP contribution in [0.2, 0.25) is 0 Å². The first kappa shape index (κ1) is 17.0. The summed E-state index contributed by atoms with van der Waals surface area (Å²) >= 11 is 0. The highest BCUT2D eigenvalue weighted by atomic mass is 16.5. The predicted octanol–water partition coefficient (Wildman–Crippen LogP) is 3.03. The molecule has 0 aliphatic heterocycles. The van der Waals surface area contributed by atoms with Crippen molar-refractivity contribution in [3.63, 3.8) is 0 Å². The van der Waals surface area contributed by atoms with E-state index in [1.54, 1.807) is 7.11 Å². The molecule has 4 nitrogen and oxygen atoms in total. The van der Waals surface area contributed by atoms with E-state index < -0.39 is 5.41 Å². The van der Waals surface area contributed by atoms with Gasteiger partial charge in [0, 0.05) is 18.6 Å². The summed E-state index contributed by atoms with van der Waals surface area (Å²) in [5, 5.41) is 12.6. The Hall–Kier alpha value is -1.08. The van der Waals surface area contributed by atoms with E-state index in [2.05, 4.69) is 25.2 Å². The zero-order chi connectivity index (χ0) is 15.4. The number of carbonyl (C=O) groups excluding carboxylic acids is 1. The number of rotatable bonds is 7. The maximum absolute atomic E-state index is 12.6. The van der Waals surface area contributed by atoms with Crippen molar-refractivity contribution in [3.05, 3.63) is 0 Å². The van der Waals surface area contributed by atoms with Crippen LogP contribution < -0.4 is 5.32 Å². The zero-order valence-electron chi connectivity index (χ0n) is 13.5. The standard InChI is InChI=1S/C16H28N2O2/c1-6-8-16(11-17,9-7-2)14(19)18-12-10-13(20-5)15(12,3)4/h12-13H,6-10H2,1-5H3,(H,18,19). The highest BCUT2D eigenvalue weighted by Crippen LogP contribution is 2.43. The molecule has 1 amide bonds. The lowest BCUT2D eigenvalue weighted by atomic mass is 9.64. The second-order valence-corrected chi connectivity index (χ2v) is 6.50. The molecule has 114 valence electrons. The fourth-order valence-electron chi connectivity index (χ4n) is 3.19. The Morgan fingerprint density at radius 3 is 2.30 bits per heavy atom. The molecule has 20 heavy (non-hydrogen) atoms. The second-order valence-electron chi connectivity index (χ2n) is 6.50. The number of nitrogens with zero attached hydrogens (tertiary/aromatic N) is 1. The van der Waals surface area contributed by atoms with Crippen LogP contribution >= 0.6 is 0 Å². The van der Waals surface area contributed by atoms with Crippen molar-refractivity contribution < 1.29 is 9.53 Å². The van der Waals surface area contributed by atoms with Gasteiger partial charge in [-0.1, -0.05) is 40.5 Å². The molecule has 0 aromatic heterocycles. The van der Waals surface area contributed by atoms with E-state index in [0.717, 1.165) is 19.3 Å². The van der Waals surface area contributed by atoms with Gasteiger partial charge in [-0.25, -0.2) is 0 Å². The first-order valence-corrected chi connectivity index (χ1v) is 7.63. The summed E-state index contributed by atoms with van der Waals surface area (Å²) in [6, 6.07) is 2.38. The van der Waals surface area contributed by atoms with Gasteiger partial charge >= 0.3 is 0 Å². The van der Waals surface area contributed by atoms with Crippen LogP contribution in [0.5, 0.6) is 0 Å². The molecule has 1 aliphatic carbocycles. The summed E-state index contributed by atoms with van der Waals surface area (Å²) in [4.78, 5) is 12.6. The van der Waals surface area contributed by atoms with Crippen molar-refractivity contribution in [3.8, 4) is 6.07 Å². The van der Waals surface area contributed by atoms with Crippen LogP contribution in [0.3, 0.4) is 0 Å². The second kappa shape index (κ2) is 6.58. The van der Waals surface area contributed by atoms with Gasteiger partial charge < -0.3 is 10.1 Å². The molecule has 2 unspecified atom stereocenters. The smallest absolute Gasteiger partial charge is 0.240 e. The highest BCUT2D eigenvalue weighted by molar-refractivity contribution is 5.85. The van der Waals surface area contributed by atoms with E-state index >= 15 is 0 Å². The van der Waals surface area contributed by atoms with E-state index in [4.69, 9.17) is 4.74 Å². The molecule has 1 saturated carbocycles. The minimum absolute atomic E-state index is 0.0654. The average Bonchev–Trinajstić information content (AvgIpc) is 2.42. The normalized spacial score (nSPS) is 24.6. The number of nitrogens with one attached hydrogen (secondary N) is 1. The van der Waals surface area contributed by atoms with Crippen LogP contribution in [0.4, 0.5) is 0 Å². The molecule has 0 spiro atoms. The molecule has 1 aliphatic rings. The van der Waals surface area contributed by atoms with Crippen molar-refractivity contribution in [2.45, 2.75) is 71.9 Å². The molecule has 1 fully saturated rings. The number of carbonyl (C=O) groups is 1. The van der Waals surface area contributed by atoms with Crippen molar-refractivity contribution in [2.75, 3.05) is 7.11 Å².